The number of likely N-dealkylation sites (tertiary alicyclic amines) is 1. The number of sulfone groups is 1. The van der Waals surface area contributed by atoms with Gasteiger partial charge in [-0.05, 0) is 36.2 Å². The number of benzene rings is 2. The molecule has 0 aliphatic carbocycles. The summed E-state index contributed by atoms with van der Waals surface area (Å²) >= 11 is 0. The predicted molar refractivity (Wildman–Crippen MR) is 98.7 cm³/mol. The molecule has 0 radical (unpaired) electrons. The maximum absolute atomic E-state index is 12.8. The van der Waals surface area contributed by atoms with Gasteiger partial charge in [-0.15, -0.1) is 0 Å². The standard InChI is InChI=1S/C19H18F2N2O4S/c20-19(21)28(26,27)16-5-2-1-4-15(16)22-18(25)14-9-7-13(8-10-14)12-23-11-3-6-17(23)24/h1-2,4-5,7-10,19H,3,6,11-12H2,(H,22,25). The highest BCUT2D eigenvalue weighted by Gasteiger charge is 2.29. The van der Waals surface area contributed by atoms with Crippen molar-refractivity contribution < 1.29 is 26.8 Å². The summed E-state index contributed by atoms with van der Waals surface area (Å²) in [5.74, 6) is -4.11. The van der Waals surface area contributed by atoms with Crippen molar-refractivity contribution in [2.45, 2.75) is 30.0 Å². The van der Waals surface area contributed by atoms with Gasteiger partial charge in [-0.25, -0.2) is 8.42 Å². The lowest BCUT2D eigenvalue weighted by atomic mass is 10.1. The Kier molecular flexibility index (Phi) is 5.73. The van der Waals surface area contributed by atoms with Gasteiger partial charge in [0.05, 0.1) is 10.6 Å². The molecule has 2 amide bonds. The summed E-state index contributed by atoms with van der Waals surface area (Å²) in [6.45, 7) is 1.16. The van der Waals surface area contributed by atoms with Crippen LogP contribution in [0.2, 0.25) is 0 Å². The van der Waals surface area contributed by atoms with Gasteiger partial charge in [-0.3, -0.25) is 9.59 Å². The third-order valence-corrected chi connectivity index (χ3v) is 5.88. The van der Waals surface area contributed by atoms with Gasteiger partial charge in [0.25, 0.3) is 5.91 Å². The zero-order valence-corrected chi connectivity index (χ0v) is 15.6. The van der Waals surface area contributed by atoms with Crippen LogP contribution in [0.5, 0.6) is 0 Å². The molecule has 1 aliphatic heterocycles. The smallest absolute Gasteiger partial charge is 0.338 e. The number of carbonyl (C=O) groups is 2. The van der Waals surface area contributed by atoms with E-state index in [9.17, 15) is 26.8 Å². The Morgan fingerprint density at radius 1 is 1.11 bits per heavy atom. The fourth-order valence-corrected chi connectivity index (χ4v) is 3.85. The van der Waals surface area contributed by atoms with Gasteiger partial charge >= 0.3 is 5.76 Å². The molecule has 0 aromatic heterocycles. The number of nitrogens with zero attached hydrogens (tertiary/aromatic N) is 1. The highest BCUT2D eigenvalue weighted by atomic mass is 32.2. The Hall–Kier alpha value is -2.81. The van der Waals surface area contributed by atoms with Crippen molar-refractivity contribution in [1.82, 2.24) is 4.90 Å². The normalized spacial score (nSPS) is 14.5. The quantitative estimate of drug-likeness (QED) is 0.796. The van der Waals surface area contributed by atoms with Crippen molar-refractivity contribution >= 4 is 27.3 Å². The highest BCUT2D eigenvalue weighted by Crippen LogP contribution is 2.26. The molecule has 148 valence electrons. The number of halogens is 2. The van der Waals surface area contributed by atoms with E-state index in [1.165, 1.54) is 30.3 Å². The summed E-state index contributed by atoms with van der Waals surface area (Å²) in [6, 6.07) is 11.5. The van der Waals surface area contributed by atoms with Crippen molar-refractivity contribution in [3.8, 4) is 0 Å². The monoisotopic (exact) mass is 408 g/mol. The first-order chi connectivity index (χ1) is 13.3. The molecule has 1 aliphatic rings. The Morgan fingerprint density at radius 2 is 1.79 bits per heavy atom. The lowest BCUT2D eigenvalue weighted by Crippen LogP contribution is -2.23. The van der Waals surface area contributed by atoms with E-state index in [2.05, 4.69) is 5.32 Å². The van der Waals surface area contributed by atoms with Gasteiger partial charge in [-0.2, -0.15) is 8.78 Å². The average Bonchev–Trinajstić information content (AvgIpc) is 3.07. The molecule has 6 nitrogen and oxygen atoms in total. The van der Waals surface area contributed by atoms with Crippen LogP contribution >= 0.6 is 0 Å². The van der Waals surface area contributed by atoms with E-state index < -0.39 is 26.4 Å². The molecule has 2 aromatic carbocycles. The van der Waals surface area contributed by atoms with Crippen LogP contribution in [0.4, 0.5) is 14.5 Å². The third kappa shape index (κ3) is 4.19. The van der Waals surface area contributed by atoms with Crippen LogP contribution in [0.25, 0.3) is 0 Å². The molecule has 0 spiro atoms. The summed E-state index contributed by atoms with van der Waals surface area (Å²) < 4.78 is 49.2. The van der Waals surface area contributed by atoms with E-state index in [1.54, 1.807) is 17.0 Å². The Labute approximate surface area is 161 Å². The zero-order valence-electron chi connectivity index (χ0n) is 14.8. The van der Waals surface area contributed by atoms with Crippen molar-refractivity contribution in [1.29, 1.82) is 0 Å². The number of rotatable bonds is 6. The summed E-state index contributed by atoms with van der Waals surface area (Å²) in [5.41, 5.74) is 0.882. The number of anilines is 1. The number of nitrogens with one attached hydrogen (secondary N) is 1. The second-order valence-corrected chi connectivity index (χ2v) is 8.26. The molecule has 1 saturated heterocycles. The van der Waals surface area contributed by atoms with Gasteiger partial charge in [-0.1, -0.05) is 24.3 Å². The molecule has 1 heterocycles. The molecular weight excluding hydrogens is 390 g/mol. The minimum Gasteiger partial charge on any atom is -0.338 e. The molecule has 0 atom stereocenters. The van der Waals surface area contributed by atoms with Crippen LogP contribution in [0, 0.1) is 0 Å². The molecule has 0 bridgehead atoms. The second kappa shape index (κ2) is 8.05. The third-order valence-electron chi connectivity index (χ3n) is 4.44. The number of amides is 2. The van der Waals surface area contributed by atoms with Crippen LogP contribution < -0.4 is 5.32 Å². The number of alkyl halides is 2. The Morgan fingerprint density at radius 3 is 2.39 bits per heavy atom. The van der Waals surface area contributed by atoms with E-state index in [0.717, 1.165) is 18.1 Å². The largest absolute Gasteiger partial charge is 0.341 e. The number of para-hydroxylation sites is 1. The van der Waals surface area contributed by atoms with E-state index in [4.69, 9.17) is 0 Å². The minimum absolute atomic E-state index is 0.0960. The summed E-state index contributed by atoms with van der Waals surface area (Å²) in [4.78, 5) is 25.2. The van der Waals surface area contributed by atoms with E-state index in [-0.39, 0.29) is 17.2 Å². The second-order valence-electron chi connectivity index (χ2n) is 6.37. The lowest BCUT2D eigenvalue weighted by molar-refractivity contribution is -0.128. The van der Waals surface area contributed by atoms with E-state index in [1.807, 2.05) is 0 Å². The summed E-state index contributed by atoms with van der Waals surface area (Å²) in [5, 5.41) is 2.37. The zero-order chi connectivity index (χ0) is 20.3. The van der Waals surface area contributed by atoms with Crippen molar-refractivity contribution in [2.24, 2.45) is 0 Å². The van der Waals surface area contributed by atoms with Gasteiger partial charge in [0, 0.05) is 25.1 Å². The number of hydrogen-bond acceptors (Lipinski definition) is 4. The van der Waals surface area contributed by atoms with Crippen LogP contribution in [-0.4, -0.2) is 37.4 Å². The van der Waals surface area contributed by atoms with E-state index in [0.29, 0.717) is 19.5 Å². The van der Waals surface area contributed by atoms with Crippen LogP contribution in [-0.2, 0) is 21.2 Å². The highest BCUT2D eigenvalue weighted by molar-refractivity contribution is 7.91. The van der Waals surface area contributed by atoms with Gasteiger partial charge in [0.1, 0.15) is 0 Å². The lowest BCUT2D eigenvalue weighted by Gasteiger charge is -2.15. The topological polar surface area (TPSA) is 83.6 Å². The fourth-order valence-electron chi connectivity index (χ4n) is 2.96. The number of carbonyl (C=O) groups excluding carboxylic acids is 2. The molecule has 2 aromatic rings. The van der Waals surface area contributed by atoms with Gasteiger partial charge < -0.3 is 10.2 Å². The first-order valence-corrected chi connectivity index (χ1v) is 10.1. The minimum atomic E-state index is -4.85. The SMILES string of the molecule is O=C(Nc1ccccc1S(=O)(=O)C(F)F)c1ccc(CN2CCCC2=O)cc1. The summed E-state index contributed by atoms with van der Waals surface area (Å²) in [6.07, 6.45) is 1.38. The van der Waals surface area contributed by atoms with Gasteiger partial charge in [0.2, 0.25) is 15.7 Å². The molecular formula is C19H18F2N2O4S. The Bertz CT molecular complexity index is 991. The first-order valence-electron chi connectivity index (χ1n) is 8.58. The van der Waals surface area contributed by atoms with Gasteiger partial charge in [0.15, 0.2) is 0 Å². The van der Waals surface area contributed by atoms with Crippen LogP contribution in [0.1, 0.15) is 28.8 Å². The molecule has 0 saturated carbocycles. The van der Waals surface area contributed by atoms with Crippen molar-refractivity contribution in [3.05, 3.63) is 59.7 Å². The molecule has 9 heteroatoms. The number of hydrogen-bond donors (Lipinski definition) is 1. The molecule has 1 fully saturated rings. The average molecular weight is 408 g/mol. The first kappa shape index (κ1) is 19.9. The van der Waals surface area contributed by atoms with Crippen LogP contribution in [0.3, 0.4) is 0 Å². The fraction of sp³-hybridized carbons (Fsp3) is 0.263. The van der Waals surface area contributed by atoms with Crippen LogP contribution in [0.15, 0.2) is 53.4 Å². The van der Waals surface area contributed by atoms with E-state index >= 15 is 0 Å². The predicted octanol–water partition coefficient (Wildman–Crippen LogP) is 3.06. The molecule has 3 rings (SSSR count). The molecule has 1 N–H and O–H groups in total. The molecule has 0 unspecified atom stereocenters. The molecule has 28 heavy (non-hydrogen) atoms. The van der Waals surface area contributed by atoms with Crippen molar-refractivity contribution in [2.75, 3.05) is 11.9 Å². The summed E-state index contributed by atoms with van der Waals surface area (Å²) in [7, 11) is -4.85. The maximum atomic E-state index is 12.8. The Balaban J connectivity index is 1.75. The van der Waals surface area contributed by atoms with Crippen molar-refractivity contribution in [3.63, 3.8) is 0 Å². The maximum Gasteiger partial charge on any atom is 0.341 e.